The van der Waals surface area contributed by atoms with Gasteiger partial charge in [-0.2, -0.15) is 0 Å². The van der Waals surface area contributed by atoms with Crippen molar-refractivity contribution in [2.45, 2.75) is 32.4 Å². The van der Waals surface area contributed by atoms with E-state index >= 15 is 0 Å². The van der Waals surface area contributed by atoms with Crippen LogP contribution in [0.15, 0.2) is 0 Å². The molecule has 1 rings (SSSR count). The molecule has 7 heavy (non-hydrogen) atoms. The van der Waals surface area contributed by atoms with Gasteiger partial charge < -0.3 is 0 Å². The van der Waals surface area contributed by atoms with E-state index in [1.165, 1.54) is 6.42 Å². The highest BCUT2D eigenvalue weighted by Crippen LogP contribution is 2.00. The van der Waals surface area contributed by atoms with Crippen LogP contribution in [0.1, 0.15) is 20.3 Å². The maximum atomic E-state index is 3.12. The van der Waals surface area contributed by atoms with E-state index in [2.05, 4.69) is 24.7 Å². The Morgan fingerprint density at radius 1 is 1.14 bits per heavy atom. The van der Waals surface area contributed by atoms with Gasteiger partial charge in [-0.25, -0.2) is 0 Å². The van der Waals surface area contributed by atoms with Crippen LogP contribution in [0.2, 0.25) is 0 Å². The van der Waals surface area contributed by atoms with Gasteiger partial charge in [-0.3, -0.25) is 10.9 Å². The molecule has 1 aliphatic heterocycles. The fourth-order valence-electron chi connectivity index (χ4n) is 0.933. The van der Waals surface area contributed by atoms with Gasteiger partial charge in [0.1, 0.15) is 0 Å². The summed E-state index contributed by atoms with van der Waals surface area (Å²) in [6.45, 7) is 4.35. The summed E-state index contributed by atoms with van der Waals surface area (Å²) in [7, 11) is 0. The second-order valence-electron chi connectivity index (χ2n) is 2.33. The van der Waals surface area contributed by atoms with Crippen LogP contribution in [-0.4, -0.2) is 12.1 Å². The highest BCUT2D eigenvalue weighted by Gasteiger charge is 2.13. The zero-order chi connectivity index (χ0) is 5.28. The van der Waals surface area contributed by atoms with Gasteiger partial charge in [0, 0.05) is 12.1 Å². The van der Waals surface area contributed by atoms with E-state index in [1.54, 1.807) is 0 Å². The molecule has 0 aliphatic carbocycles. The summed E-state index contributed by atoms with van der Waals surface area (Å²) in [5.74, 6) is 0. The van der Waals surface area contributed by atoms with Crippen LogP contribution in [0.25, 0.3) is 0 Å². The SMILES string of the molecule is CC1CC(C)NN1. The normalized spacial score (nSPS) is 42.0. The Labute approximate surface area is 44.3 Å². The van der Waals surface area contributed by atoms with Gasteiger partial charge in [-0.05, 0) is 20.3 Å². The van der Waals surface area contributed by atoms with Crippen molar-refractivity contribution in [3.05, 3.63) is 0 Å². The van der Waals surface area contributed by atoms with E-state index in [9.17, 15) is 0 Å². The molecule has 2 nitrogen and oxygen atoms in total. The lowest BCUT2D eigenvalue weighted by molar-refractivity contribution is 0.567. The van der Waals surface area contributed by atoms with Gasteiger partial charge in [0.05, 0.1) is 0 Å². The fourth-order valence-corrected chi connectivity index (χ4v) is 0.933. The maximum Gasteiger partial charge on any atom is 0.0199 e. The third-order valence-electron chi connectivity index (χ3n) is 1.28. The van der Waals surface area contributed by atoms with E-state index in [4.69, 9.17) is 0 Å². The number of hydrazine groups is 1. The number of rotatable bonds is 0. The molecule has 1 aliphatic rings. The van der Waals surface area contributed by atoms with Crippen molar-refractivity contribution in [2.24, 2.45) is 0 Å². The Kier molecular flexibility index (Phi) is 1.30. The Morgan fingerprint density at radius 2 is 1.57 bits per heavy atom. The fraction of sp³-hybridized carbons (Fsp3) is 1.00. The van der Waals surface area contributed by atoms with Crippen LogP contribution < -0.4 is 10.9 Å². The molecule has 1 heterocycles. The minimum Gasteiger partial charge on any atom is -0.255 e. The summed E-state index contributed by atoms with van der Waals surface area (Å²) in [4.78, 5) is 0. The first kappa shape index (κ1) is 5.06. The Bertz CT molecular complexity index is 55.1. The van der Waals surface area contributed by atoms with E-state index in [-0.39, 0.29) is 0 Å². The van der Waals surface area contributed by atoms with Gasteiger partial charge in [0.2, 0.25) is 0 Å². The van der Waals surface area contributed by atoms with Crippen LogP contribution in [0.4, 0.5) is 0 Å². The third kappa shape index (κ3) is 1.14. The molecule has 0 bridgehead atoms. The zero-order valence-electron chi connectivity index (χ0n) is 4.86. The average molecular weight is 100 g/mol. The number of hydrogen-bond donors (Lipinski definition) is 2. The van der Waals surface area contributed by atoms with Crippen molar-refractivity contribution >= 4 is 0 Å². The lowest BCUT2D eigenvalue weighted by atomic mass is 10.2. The Hall–Kier alpha value is -0.0800. The molecule has 0 aromatic rings. The molecule has 0 radical (unpaired) electrons. The van der Waals surface area contributed by atoms with E-state index in [0.717, 1.165) is 0 Å². The molecule has 42 valence electrons. The summed E-state index contributed by atoms with van der Waals surface area (Å²) in [5.41, 5.74) is 6.24. The number of hydrogen-bond acceptors (Lipinski definition) is 2. The standard InChI is InChI=1S/C5H12N2/c1-4-3-5(2)7-6-4/h4-7H,3H2,1-2H3. The predicted octanol–water partition coefficient (Wildman–Crippen LogP) is 0.261. The van der Waals surface area contributed by atoms with E-state index in [1.807, 2.05) is 0 Å². The minimum absolute atomic E-state index is 0.662. The largest absolute Gasteiger partial charge is 0.255 e. The highest BCUT2D eigenvalue weighted by atomic mass is 15.4. The minimum atomic E-state index is 0.662. The van der Waals surface area contributed by atoms with Gasteiger partial charge in [-0.1, -0.05) is 0 Å². The average Bonchev–Trinajstić information content (AvgIpc) is 1.87. The monoisotopic (exact) mass is 100 g/mol. The first-order valence-electron chi connectivity index (χ1n) is 2.80. The van der Waals surface area contributed by atoms with E-state index < -0.39 is 0 Å². The molecule has 0 aromatic carbocycles. The van der Waals surface area contributed by atoms with Gasteiger partial charge in [-0.15, -0.1) is 0 Å². The topological polar surface area (TPSA) is 24.1 Å². The van der Waals surface area contributed by atoms with Crippen LogP contribution in [-0.2, 0) is 0 Å². The maximum absolute atomic E-state index is 3.12. The van der Waals surface area contributed by atoms with Crippen molar-refractivity contribution in [3.63, 3.8) is 0 Å². The van der Waals surface area contributed by atoms with Gasteiger partial charge >= 0.3 is 0 Å². The Morgan fingerprint density at radius 3 is 1.71 bits per heavy atom. The number of nitrogens with one attached hydrogen (secondary N) is 2. The third-order valence-corrected chi connectivity index (χ3v) is 1.28. The lowest BCUT2D eigenvalue weighted by Gasteiger charge is -1.95. The molecule has 2 N–H and O–H groups in total. The van der Waals surface area contributed by atoms with Crippen molar-refractivity contribution < 1.29 is 0 Å². The summed E-state index contributed by atoms with van der Waals surface area (Å²) in [6.07, 6.45) is 1.25. The molecule has 0 amide bonds. The quantitative estimate of drug-likeness (QED) is 0.456. The predicted molar refractivity (Wildman–Crippen MR) is 29.8 cm³/mol. The summed E-state index contributed by atoms with van der Waals surface area (Å²) in [6, 6.07) is 1.32. The van der Waals surface area contributed by atoms with Crippen molar-refractivity contribution in [1.29, 1.82) is 0 Å². The van der Waals surface area contributed by atoms with Crippen molar-refractivity contribution in [3.8, 4) is 0 Å². The highest BCUT2D eigenvalue weighted by molar-refractivity contribution is 4.73. The molecule has 0 saturated carbocycles. The summed E-state index contributed by atoms with van der Waals surface area (Å²) in [5, 5.41) is 0. The van der Waals surface area contributed by atoms with E-state index in [0.29, 0.717) is 12.1 Å². The van der Waals surface area contributed by atoms with Gasteiger partial charge in [0.15, 0.2) is 0 Å². The van der Waals surface area contributed by atoms with Crippen LogP contribution in [0, 0.1) is 0 Å². The van der Waals surface area contributed by atoms with Crippen LogP contribution >= 0.6 is 0 Å². The first-order valence-corrected chi connectivity index (χ1v) is 2.80. The molecule has 1 saturated heterocycles. The van der Waals surface area contributed by atoms with Gasteiger partial charge in [0.25, 0.3) is 0 Å². The molecule has 2 atom stereocenters. The Balaban J connectivity index is 2.26. The second-order valence-corrected chi connectivity index (χ2v) is 2.33. The summed E-state index contributed by atoms with van der Waals surface area (Å²) >= 11 is 0. The molecule has 0 aromatic heterocycles. The smallest absolute Gasteiger partial charge is 0.0199 e. The van der Waals surface area contributed by atoms with Crippen molar-refractivity contribution in [2.75, 3.05) is 0 Å². The molecule has 2 heteroatoms. The zero-order valence-corrected chi connectivity index (χ0v) is 4.86. The summed E-state index contributed by atoms with van der Waals surface area (Å²) < 4.78 is 0. The molecule has 1 fully saturated rings. The second kappa shape index (κ2) is 1.80. The molecule has 0 spiro atoms. The lowest BCUT2D eigenvalue weighted by Crippen LogP contribution is -2.30. The first-order chi connectivity index (χ1) is 3.29. The molecular weight excluding hydrogens is 88.1 g/mol. The van der Waals surface area contributed by atoms with Crippen LogP contribution in [0.3, 0.4) is 0 Å². The molecule has 2 unspecified atom stereocenters. The molecular formula is C5H12N2. The van der Waals surface area contributed by atoms with Crippen LogP contribution in [0.5, 0.6) is 0 Å². The van der Waals surface area contributed by atoms with Crippen molar-refractivity contribution in [1.82, 2.24) is 10.9 Å².